The molecule has 1 aromatic heterocycles. The van der Waals surface area contributed by atoms with Gasteiger partial charge in [-0.15, -0.1) is 6.58 Å². The maximum absolute atomic E-state index is 5.92. The number of aromatic nitrogens is 1. The fraction of sp³-hybridized carbons (Fsp3) is 0.469. The molecule has 3 rings (SSSR count). The molecule has 0 aliphatic carbocycles. The van der Waals surface area contributed by atoms with E-state index in [9.17, 15) is 0 Å². The van der Waals surface area contributed by atoms with E-state index in [1.807, 2.05) is 60.7 Å². The van der Waals surface area contributed by atoms with Crippen molar-refractivity contribution in [1.29, 1.82) is 0 Å². The van der Waals surface area contributed by atoms with Gasteiger partial charge in [0.1, 0.15) is 17.2 Å². The molecule has 36 heavy (non-hydrogen) atoms. The molecule has 0 amide bonds. The van der Waals surface area contributed by atoms with Crippen molar-refractivity contribution in [2.75, 3.05) is 13.2 Å². The van der Waals surface area contributed by atoms with Crippen molar-refractivity contribution < 1.29 is 14.0 Å². The standard InChI is InChI=1S/C32H43NO3/c1-3-5-7-9-10-11-12-13-15-25-35-30-22-18-28(19-23-30)32-26-31(33-36-32)27-16-20-29(21-17-27)34-24-14-8-6-4-2/h3,16-23,26H,1,4-15,24-25H2,2H3. The second-order valence-electron chi connectivity index (χ2n) is 9.43. The quantitative estimate of drug-likeness (QED) is 0.124. The minimum absolute atomic E-state index is 0.751. The largest absolute Gasteiger partial charge is 0.494 e. The number of hydrogen-bond donors (Lipinski definition) is 0. The monoisotopic (exact) mass is 489 g/mol. The van der Waals surface area contributed by atoms with Crippen LogP contribution in [-0.4, -0.2) is 18.4 Å². The van der Waals surface area contributed by atoms with E-state index in [0.717, 1.165) is 66.6 Å². The molecular formula is C32H43NO3. The Hall–Kier alpha value is -3.01. The van der Waals surface area contributed by atoms with E-state index in [2.05, 4.69) is 18.7 Å². The predicted molar refractivity (Wildman–Crippen MR) is 150 cm³/mol. The first-order valence-electron chi connectivity index (χ1n) is 13.8. The molecule has 0 saturated carbocycles. The summed E-state index contributed by atoms with van der Waals surface area (Å²) in [7, 11) is 0. The van der Waals surface area contributed by atoms with Crippen molar-refractivity contribution in [3.63, 3.8) is 0 Å². The molecule has 194 valence electrons. The Labute approximate surface area is 217 Å². The lowest BCUT2D eigenvalue weighted by atomic mass is 10.1. The van der Waals surface area contributed by atoms with Gasteiger partial charge in [0.2, 0.25) is 0 Å². The Morgan fingerprint density at radius 2 is 1.22 bits per heavy atom. The molecule has 3 aromatic rings. The highest BCUT2D eigenvalue weighted by molar-refractivity contribution is 5.67. The number of allylic oxidation sites excluding steroid dienone is 1. The lowest BCUT2D eigenvalue weighted by molar-refractivity contribution is 0.304. The van der Waals surface area contributed by atoms with Crippen LogP contribution < -0.4 is 9.47 Å². The van der Waals surface area contributed by atoms with E-state index < -0.39 is 0 Å². The maximum Gasteiger partial charge on any atom is 0.167 e. The molecule has 0 bridgehead atoms. The van der Waals surface area contributed by atoms with Crippen LogP contribution in [0.2, 0.25) is 0 Å². The molecular weight excluding hydrogens is 446 g/mol. The summed E-state index contributed by atoms with van der Waals surface area (Å²) >= 11 is 0. The Morgan fingerprint density at radius 3 is 1.81 bits per heavy atom. The van der Waals surface area contributed by atoms with Crippen LogP contribution in [0.4, 0.5) is 0 Å². The van der Waals surface area contributed by atoms with E-state index in [4.69, 9.17) is 14.0 Å². The highest BCUT2D eigenvalue weighted by Gasteiger charge is 2.09. The van der Waals surface area contributed by atoms with E-state index in [0.29, 0.717) is 0 Å². The number of nitrogens with zero attached hydrogens (tertiary/aromatic N) is 1. The molecule has 4 nitrogen and oxygen atoms in total. The number of ether oxygens (including phenoxy) is 2. The molecule has 2 aromatic carbocycles. The van der Waals surface area contributed by atoms with Gasteiger partial charge in [-0.05, 0) is 74.2 Å². The highest BCUT2D eigenvalue weighted by Crippen LogP contribution is 2.28. The molecule has 0 unspecified atom stereocenters. The van der Waals surface area contributed by atoms with Gasteiger partial charge in [-0.2, -0.15) is 0 Å². The number of unbranched alkanes of at least 4 members (excludes halogenated alkanes) is 10. The van der Waals surface area contributed by atoms with E-state index in [1.54, 1.807) is 0 Å². The first-order chi connectivity index (χ1) is 17.8. The zero-order valence-electron chi connectivity index (χ0n) is 22.1. The van der Waals surface area contributed by atoms with Crippen LogP contribution in [-0.2, 0) is 0 Å². The van der Waals surface area contributed by atoms with Gasteiger partial charge in [0.15, 0.2) is 5.76 Å². The van der Waals surface area contributed by atoms with Crippen molar-refractivity contribution in [3.05, 3.63) is 67.3 Å². The van der Waals surface area contributed by atoms with E-state index in [1.165, 1.54) is 57.8 Å². The summed E-state index contributed by atoms with van der Waals surface area (Å²) in [5, 5.41) is 4.27. The van der Waals surface area contributed by atoms with Gasteiger partial charge in [-0.25, -0.2) is 0 Å². The van der Waals surface area contributed by atoms with Gasteiger partial charge >= 0.3 is 0 Å². The SMILES string of the molecule is C=CCCCCCCCCCOc1ccc(-c2cc(-c3ccc(OCCCCCC)cc3)no2)cc1. The second-order valence-corrected chi connectivity index (χ2v) is 9.43. The fourth-order valence-electron chi connectivity index (χ4n) is 4.17. The third-order valence-electron chi connectivity index (χ3n) is 6.39. The summed E-state index contributed by atoms with van der Waals surface area (Å²) in [6.45, 7) is 7.53. The molecule has 0 N–H and O–H groups in total. The summed E-state index contributed by atoms with van der Waals surface area (Å²) in [5.41, 5.74) is 2.82. The van der Waals surface area contributed by atoms with Crippen LogP contribution in [0.1, 0.15) is 84.0 Å². The van der Waals surface area contributed by atoms with Crippen molar-refractivity contribution in [2.45, 2.75) is 84.0 Å². The molecule has 0 saturated heterocycles. The smallest absolute Gasteiger partial charge is 0.167 e. The normalized spacial score (nSPS) is 10.9. The van der Waals surface area contributed by atoms with Crippen LogP contribution in [0.15, 0.2) is 71.8 Å². The number of benzene rings is 2. The van der Waals surface area contributed by atoms with Crippen molar-refractivity contribution in [1.82, 2.24) is 5.16 Å². The molecule has 1 heterocycles. The van der Waals surface area contributed by atoms with Crippen LogP contribution in [0.3, 0.4) is 0 Å². The van der Waals surface area contributed by atoms with Gasteiger partial charge in [0.25, 0.3) is 0 Å². The lowest BCUT2D eigenvalue weighted by Crippen LogP contribution is -1.97. The minimum Gasteiger partial charge on any atom is -0.494 e. The third-order valence-corrected chi connectivity index (χ3v) is 6.39. The van der Waals surface area contributed by atoms with Crippen molar-refractivity contribution in [3.8, 4) is 34.1 Å². The predicted octanol–water partition coefficient (Wildman–Crippen LogP) is 9.65. The molecule has 0 atom stereocenters. The van der Waals surface area contributed by atoms with Crippen LogP contribution in [0.25, 0.3) is 22.6 Å². The van der Waals surface area contributed by atoms with E-state index >= 15 is 0 Å². The molecule has 0 radical (unpaired) electrons. The Balaban J connectivity index is 1.37. The summed E-state index contributed by atoms with van der Waals surface area (Å²) in [6.07, 6.45) is 16.9. The Bertz CT molecular complexity index is 975. The zero-order valence-corrected chi connectivity index (χ0v) is 22.1. The molecule has 0 aliphatic heterocycles. The Kier molecular flexibility index (Phi) is 12.7. The number of rotatable bonds is 19. The molecule has 4 heteroatoms. The first-order valence-corrected chi connectivity index (χ1v) is 13.8. The third kappa shape index (κ3) is 9.93. The summed E-state index contributed by atoms with van der Waals surface area (Å²) in [5.74, 6) is 2.54. The lowest BCUT2D eigenvalue weighted by Gasteiger charge is -2.06. The van der Waals surface area contributed by atoms with Gasteiger partial charge in [0, 0.05) is 17.2 Å². The summed E-state index contributed by atoms with van der Waals surface area (Å²) < 4.78 is 17.4. The van der Waals surface area contributed by atoms with Crippen molar-refractivity contribution in [2.24, 2.45) is 0 Å². The van der Waals surface area contributed by atoms with Crippen LogP contribution in [0, 0.1) is 0 Å². The summed E-state index contributed by atoms with van der Waals surface area (Å²) in [4.78, 5) is 0. The van der Waals surface area contributed by atoms with Crippen LogP contribution >= 0.6 is 0 Å². The van der Waals surface area contributed by atoms with Gasteiger partial charge in [-0.1, -0.05) is 69.5 Å². The fourth-order valence-corrected chi connectivity index (χ4v) is 4.17. The van der Waals surface area contributed by atoms with Crippen molar-refractivity contribution >= 4 is 0 Å². The average molecular weight is 490 g/mol. The number of hydrogen-bond acceptors (Lipinski definition) is 4. The first kappa shape index (κ1) is 27.6. The minimum atomic E-state index is 0.751. The summed E-state index contributed by atoms with van der Waals surface area (Å²) in [6, 6.07) is 18.1. The highest BCUT2D eigenvalue weighted by atomic mass is 16.5. The average Bonchev–Trinajstić information content (AvgIpc) is 3.41. The zero-order chi connectivity index (χ0) is 25.3. The Morgan fingerprint density at radius 1 is 0.694 bits per heavy atom. The molecule has 0 aliphatic rings. The maximum atomic E-state index is 5.92. The van der Waals surface area contributed by atoms with Gasteiger partial charge in [-0.3, -0.25) is 0 Å². The van der Waals surface area contributed by atoms with Gasteiger partial charge < -0.3 is 14.0 Å². The molecule has 0 spiro atoms. The van der Waals surface area contributed by atoms with Crippen LogP contribution in [0.5, 0.6) is 11.5 Å². The van der Waals surface area contributed by atoms with Gasteiger partial charge in [0.05, 0.1) is 13.2 Å². The second kappa shape index (κ2) is 16.6. The molecule has 0 fully saturated rings. The van der Waals surface area contributed by atoms with E-state index in [-0.39, 0.29) is 0 Å². The topological polar surface area (TPSA) is 44.5 Å².